The molecule has 0 aliphatic carbocycles. The summed E-state index contributed by atoms with van der Waals surface area (Å²) < 4.78 is 24.7. The van der Waals surface area contributed by atoms with Gasteiger partial charge in [0.25, 0.3) is 0 Å². The lowest BCUT2D eigenvalue weighted by Crippen LogP contribution is -2.02. The van der Waals surface area contributed by atoms with Crippen LogP contribution < -0.4 is 5.73 Å². The number of nitrogens with zero attached hydrogens (tertiary/aromatic N) is 1. The average Bonchev–Trinajstić information content (AvgIpc) is 1.95. The number of rotatable bonds is 1. The van der Waals surface area contributed by atoms with E-state index >= 15 is 0 Å². The fraction of sp³-hybridized carbons (Fsp3) is 0.167. The highest BCUT2D eigenvalue weighted by molar-refractivity contribution is 5.12. The number of hydrogen-bond donors (Lipinski definition) is 1. The molecular weight excluding hydrogens is 138 g/mol. The Morgan fingerprint density at radius 2 is 2.20 bits per heavy atom. The van der Waals surface area contributed by atoms with Gasteiger partial charge in [-0.25, -0.2) is 9.37 Å². The van der Waals surface area contributed by atoms with Gasteiger partial charge in [-0.15, -0.1) is 0 Å². The zero-order valence-electron chi connectivity index (χ0n) is 5.14. The molecule has 0 saturated carbocycles. The van der Waals surface area contributed by atoms with E-state index < -0.39 is 11.8 Å². The summed E-state index contributed by atoms with van der Waals surface area (Å²) in [6.07, 6.45) is 1.18. The third-order valence-electron chi connectivity index (χ3n) is 1.15. The molecule has 0 aliphatic rings. The van der Waals surface area contributed by atoms with Crippen molar-refractivity contribution in [2.45, 2.75) is 6.54 Å². The lowest BCUT2D eigenvalue weighted by molar-refractivity contribution is 0.471. The Bertz CT molecular complexity index is 237. The van der Waals surface area contributed by atoms with Crippen LogP contribution in [0.2, 0.25) is 0 Å². The van der Waals surface area contributed by atoms with Crippen molar-refractivity contribution in [2.24, 2.45) is 5.73 Å². The van der Waals surface area contributed by atoms with Gasteiger partial charge in [0, 0.05) is 18.3 Å². The summed E-state index contributed by atoms with van der Waals surface area (Å²) in [7, 11) is 0. The molecule has 0 spiro atoms. The third-order valence-corrected chi connectivity index (χ3v) is 1.15. The predicted molar refractivity (Wildman–Crippen MR) is 32.0 cm³/mol. The van der Waals surface area contributed by atoms with E-state index in [1.165, 1.54) is 12.3 Å². The second kappa shape index (κ2) is 2.70. The molecule has 0 saturated heterocycles. The second-order valence-electron chi connectivity index (χ2n) is 1.78. The minimum atomic E-state index is -1.09. The van der Waals surface area contributed by atoms with Crippen LogP contribution in [0, 0.1) is 11.8 Å². The molecule has 1 rings (SSSR count). The number of hydrogen-bond acceptors (Lipinski definition) is 2. The first-order chi connectivity index (χ1) is 4.75. The van der Waals surface area contributed by atoms with Crippen LogP contribution >= 0.6 is 0 Å². The van der Waals surface area contributed by atoms with E-state index in [0.717, 1.165) is 0 Å². The summed E-state index contributed by atoms with van der Waals surface area (Å²) in [5.74, 6) is -2.05. The van der Waals surface area contributed by atoms with Crippen LogP contribution in [-0.2, 0) is 6.54 Å². The van der Waals surface area contributed by atoms with Gasteiger partial charge in [0.2, 0.25) is 5.95 Å². The highest BCUT2D eigenvalue weighted by Crippen LogP contribution is 2.06. The topological polar surface area (TPSA) is 38.9 Å². The lowest BCUT2D eigenvalue weighted by atomic mass is 10.2. The molecule has 4 heteroatoms. The van der Waals surface area contributed by atoms with E-state index in [1.807, 2.05) is 0 Å². The summed E-state index contributed by atoms with van der Waals surface area (Å²) in [5.41, 5.74) is 5.23. The Kier molecular flexibility index (Phi) is 1.91. The van der Waals surface area contributed by atoms with Gasteiger partial charge in [-0.05, 0) is 6.07 Å². The van der Waals surface area contributed by atoms with Crippen LogP contribution in [0.4, 0.5) is 8.78 Å². The molecule has 0 atom stereocenters. The Labute approximate surface area is 56.7 Å². The summed E-state index contributed by atoms with van der Waals surface area (Å²) >= 11 is 0. The molecule has 1 aromatic rings. The van der Waals surface area contributed by atoms with Crippen LogP contribution in [0.15, 0.2) is 12.3 Å². The Morgan fingerprint density at radius 3 is 2.70 bits per heavy atom. The van der Waals surface area contributed by atoms with Crippen LogP contribution in [0.3, 0.4) is 0 Å². The van der Waals surface area contributed by atoms with Crippen molar-refractivity contribution in [3.63, 3.8) is 0 Å². The van der Waals surface area contributed by atoms with E-state index in [1.54, 1.807) is 0 Å². The van der Waals surface area contributed by atoms with Crippen molar-refractivity contribution in [3.05, 3.63) is 29.6 Å². The van der Waals surface area contributed by atoms with Crippen LogP contribution in [-0.4, -0.2) is 4.98 Å². The predicted octanol–water partition coefficient (Wildman–Crippen LogP) is 0.819. The van der Waals surface area contributed by atoms with E-state index in [-0.39, 0.29) is 12.1 Å². The van der Waals surface area contributed by atoms with Crippen molar-refractivity contribution < 1.29 is 8.78 Å². The highest BCUT2D eigenvalue weighted by atomic mass is 19.2. The first-order valence-corrected chi connectivity index (χ1v) is 2.74. The average molecular weight is 144 g/mol. The fourth-order valence-electron chi connectivity index (χ4n) is 0.613. The fourth-order valence-corrected chi connectivity index (χ4v) is 0.613. The van der Waals surface area contributed by atoms with E-state index in [9.17, 15) is 8.78 Å². The molecule has 0 bridgehead atoms. The molecular formula is C6H6F2N2. The zero-order valence-corrected chi connectivity index (χ0v) is 5.14. The molecule has 1 aromatic heterocycles. The first kappa shape index (κ1) is 7.08. The highest BCUT2D eigenvalue weighted by Gasteiger charge is 2.05. The molecule has 2 nitrogen and oxygen atoms in total. The summed E-state index contributed by atoms with van der Waals surface area (Å²) in [5, 5.41) is 0. The van der Waals surface area contributed by atoms with Gasteiger partial charge in [0.15, 0.2) is 5.82 Å². The molecule has 0 amide bonds. The minimum Gasteiger partial charge on any atom is -0.326 e. The van der Waals surface area contributed by atoms with E-state index in [2.05, 4.69) is 4.98 Å². The van der Waals surface area contributed by atoms with E-state index in [0.29, 0.717) is 0 Å². The Balaban J connectivity index is 3.14. The van der Waals surface area contributed by atoms with Gasteiger partial charge in [-0.1, -0.05) is 0 Å². The molecule has 0 unspecified atom stereocenters. The van der Waals surface area contributed by atoms with Crippen molar-refractivity contribution in [2.75, 3.05) is 0 Å². The molecule has 54 valence electrons. The SMILES string of the molecule is NCc1ccnc(F)c1F. The Hall–Kier alpha value is -1.03. The summed E-state index contributed by atoms with van der Waals surface area (Å²) in [6.45, 7) is -0.00866. The van der Waals surface area contributed by atoms with E-state index in [4.69, 9.17) is 5.73 Å². The molecule has 10 heavy (non-hydrogen) atoms. The zero-order chi connectivity index (χ0) is 7.56. The Morgan fingerprint density at radius 1 is 1.50 bits per heavy atom. The van der Waals surface area contributed by atoms with Crippen LogP contribution in [0.5, 0.6) is 0 Å². The largest absolute Gasteiger partial charge is 0.326 e. The number of pyridine rings is 1. The monoisotopic (exact) mass is 144 g/mol. The van der Waals surface area contributed by atoms with Gasteiger partial charge in [-0.2, -0.15) is 4.39 Å². The van der Waals surface area contributed by atoms with Crippen LogP contribution in [0.1, 0.15) is 5.56 Å². The minimum absolute atomic E-state index is 0.00866. The van der Waals surface area contributed by atoms with Gasteiger partial charge >= 0.3 is 0 Å². The van der Waals surface area contributed by atoms with Crippen LogP contribution in [0.25, 0.3) is 0 Å². The molecule has 0 fully saturated rings. The van der Waals surface area contributed by atoms with Crippen molar-refractivity contribution in [1.82, 2.24) is 4.98 Å². The smallest absolute Gasteiger partial charge is 0.249 e. The normalized spacial score (nSPS) is 9.90. The van der Waals surface area contributed by atoms with Crippen molar-refractivity contribution >= 4 is 0 Å². The van der Waals surface area contributed by atoms with Crippen molar-refractivity contribution in [1.29, 1.82) is 0 Å². The second-order valence-corrected chi connectivity index (χ2v) is 1.78. The summed E-state index contributed by atoms with van der Waals surface area (Å²) in [4.78, 5) is 3.09. The maximum Gasteiger partial charge on any atom is 0.249 e. The first-order valence-electron chi connectivity index (χ1n) is 2.74. The molecule has 0 aliphatic heterocycles. The maximum absolute atomic E-state index is 12.5. The summed E-state index contributed by atoms with van der Waals surface area (Å²) in [6, 6.07) is 1.35. The molecule has 1 heterocycles. The number of aromatic nitrogens is 1. The molecule has 0 aromatic carbocycles. The van der Waals surface area contributed by atoms with Gasteiger partial charge in [0.1, 0.15) is 0 Å². The van der Waals surface area contributed by atoms with Gasteiger partial charge in [-0.3, -0.25) is 0 Å². The lowest BCUT2D eigenvalue weighted by Gasteiger charge is -1.96. The number of nitrogens with two attached hydrogens (primary N) is 1. The number of halogens is 2. The van der Waals surface area contributed by atoms with Gasteiger partial charge < -0.3 is 5.73 Å². The molecule has 2 N–H and O–H groups in total. The van der Waals surface area contributed by atoms with Crippen molar-refractivity contribution in [3.8, 4) is 0 Å². The maximum atomic E-state index is 12.5. The quantitative estimate of drug-likeness (QED) is 0.592. The molecule has 0 radical (unpaired) electrons. The third kappa shape index (κ3) is 1.11. The van der Waals surface area contributed by atoms with Gasteiger partial charge in [0.05, 0.1) is 0 Å². The standard InChI is InChI=1S/C6H6F2N2/c7-5-4(3-9)1-2-10-6(5)8/h1-2H,3,9H2.